The van der Waals surface area contributed by atoms with Crippen molar-refractivity contribution in [1.29, 1.82) is 0 Å². The van der Waals surface area contributed by atoms with Crippen LogP contribution in [0.2, 0.25) is 0 Å². The smallest absolute Gasteiger partial charge is 0.154 e. The first kappa shape index (κ1) is 8.78. The van der Waals surface area contributed by atoms with Crippen LogP contribution in [0, 0.1) is 5.92 Å². The van der Waals surface area contributed by atoms with E-state index < -0.39 is 0 Å². The average Bonchev–Trinajstić information content (AvgIpc) is 2.06. The van der Waals surface area contributed by atoms with Gasteiger partial charge in [-0.2, -0.15) is 0 Å². The Morgan fingerprint density at radius 3 is 2.36 bits per heavy atom. The van der Waals surface area contributed by atoms with Crippen LogP contribution in [0.25, 0.3) is 0 Å². The Hall–Kier alpha value is -0.310. The van der Waals surface area contributed by atoms with Crippen molar-refractivity contribution < 1.29 is 9.59 Å². The minimum Gasteiger partial charge on any atom is -0.299 e. The number of carbonyl (C=O) groups is 2. The molecule has 3 heteroatoms. The molecule has 1 unspecified atom stereocenters. The standard InChI is InChI=1S/C8H12O2S/c1-5(9)7-6(10)4-11-8(7,2)3/h7H,4H2,1-3H3. The molecular weight excluding hydrogens is 160 g/mol. The molecule has 0 saturated carbocycles. The van der Waals surface area contributed by atoms with Crippen LogP contribution in [-0.4, -0.2) is 22.1 Å². The number of hydrogen-bond donors (Lipinski definition) is 0. The summed E-state index contributed by atoms with van der Waals surface area (Å²) in [6, 6.07) is 0. The third-order valence-corrected chi connectivity index (χ3v) is 3.42. The van der Waals surface area contributed by atoms with Gasteiger partial charge in [-0.3, -0.25) is 9.59 Å². The SMILES string of the molecule is CC(=O)C1C(=O)CSC1(C)C. The van der Waals surface area contributed by atoms with Crippen molar-refractivity contribution >= 4 is 23.3 Å². The minimum atomic E-state index is -0.368. The van der Waals surface area contributed by atoms with Crippen molar-refractivity contribution in [2.45, 2.75) is 25.5 Å². The molecule has 62 valence electrons. The Balaban J connectivity index is 2.89. The zero-order valence-electron chi connectivity index (χ0n) is 7.01. The zero-order chi connectivity index (χ0) is 8.65. The van der Waals surface area contributed by atoms with Gasteiger partial charge in [0, 0.05) is 4.75 Å². The van der Waals surface area contributed by atoms with E-state index in [9.17, 15) is 9.59 Å². The maximum atomic E-state index is 11.2. The summed E-state index contributed by atoms with van der Waals surface area (Å²) in [5.41, 5.74) is 0. The van der Waals surface area contributed by atoms with E-state index in [-0.39, 0.29) is 22.2 Å². The number of hydrogen-bond acceptors (Lipinski definition) is 3. The van der Waals surface area contributed by atoms with Crippen LogP contribution in [-0.2, 0) is 9.59 Å². The fourth-order valence-corrected chi connectivity index (χ4v) is 2.67. The Morgan fingerprint density at radius 2 is 2.18 bits per heavy atom. The molecule has 0 aromatic rings. The first-order valence-corrected chi connectivity index (χ1v) is 4.61. The van der Waals surface area contributed by atoms with E-state index in [2.05, 4.69) is 0 Å². The van der Waals surface area contributed by atoms with E-state index in [1.54, 1.807) is 11.8 Å². The summed E-state index contributed by atoms with van der Waals surface area (Å²) in [5, 5.41) is 0. The number of rotatable bonds is 1. The van der Waals surface area contributed by atoms with Crippen molar-refractivity contribution in [3.05, 3.63) is 0 Å². The van der Waals surface area contributed by atoms with Gasteiger partial charge in [-0.15, -0.1) is 11.8 Å². The lowest BCUT2D eigenvalue weighted by Crippen LogP contribution is -2.32. The summed E-state index contributed by atoms with van der Waals surface area (Å²) >= 11 is 1.57. The van der Waals surface area contributed by atoms with E-state index >= 15 is 0 Å². The molecule has 1 atom stereocenters. The molecule has 1 aliphatic heterocycles. The van der Waals surface area contributed by atoms with Gasteiger partial charge in [-0.1, -0.05) is 0 Å². The molecule has 0 amide bonds. The van der Waals surface area contributed by atoms with Gasteiger partial charge in [0.05, 0.1) is 11.7 Å². The lowest BCUT2D eigenvalue weighted by atomic mass is 9.89. The van der Waals surface area contributed by atoms with Gasteiger partial charge in [0.2, 0.25) is 0 Å². The molecule has 1 rings (SSSR count). The first-order valence-electron chi connectivity index (χ1n) is 3.62. The van der Waals surface area contributed by atoms with Crippen LogP contribution in [0.1, 0.15) is 20.8 Å². The Labute approximate surface area is 70.7 Å². The molecule has 0 radical (unpaired) electrons. The second-order valence-electron chi connectivity index (χ2n) is 3.40. The summed E-state index contributed by atoms with van der Waals surface area (Å²) in [6.07, 6.45) is 0. The molecule has 0 spiro atoms. The van der Waals surface area contributed by atoms with Crippen molar-refractivity contribution in [2.75, 3.05) is 5.75 Å². The van der Waals surface area contributed by atoms with Gasteiger partial charge in [0.1, 0.15) is 5.78 Å². The van der Waals surface area contributed by atoms with Crippen molar-refractivity contribution in [3.8, 4) is 0 Å². The normalized spacial score (nSPS) is 29.0. The molecule has 1 fully saturated rings. The van der Waals surface area contributed by atoms with E-state index in [0.29, 0.717) is 5.75 Å². The lowest BCUT2D eigenvalue weighted by molar-refractivity contribution is -0.130. The summed E-state index contributed by atoms with van der Waals surface area (Å²) in [6.45, 7) is 5.40. The number of carbonyl (C=O) groups excluding carboxylic acids is 2. The van der Waals surface area contributed by atoms with Gasteiger partial charge >= 0.3 is 0 Å². The fourth-order valence-electron chi connectivity index (χ4n) is 1.53. The van der Waals surface area contributed by atoms with E-state index in [1.165, 1.54) is 6.92 Å². The molecule has 0 aromatic carbocycles. The predicted octanol–water partition coefficient (Wildman–Crippen LogP) is 1.29. The highest BCUT2D eigenvalue weighted by atomic mass is 32.2. The Bertz CT molecular complexity index is 208. The van der Waals surface area contributed by atoms with Crippen LogP contribution in [0.5, 0.6) is 0 Å². The quantitative estimate of drug-likeness (QED) is 0.559. The number of ketones is 2. The molecule has 1 heterocycles. The van der Waals surface area contributed by atoms with Crippen LogP contribution in [0.15, 0.2) is 0 Å². The maximum Gasteiger partial charge on any atom is 0.154 e. The molecule has 11 heavy (non-hydrogen) atoms. The van der Waals surface area contributed by atoms with Crippen LogP contribution in [0.3, 0.4) is 0 Å². The molecule has 0 aromatic heterocycles. The highest BCUT2D eigenvalue weighted by molar-refractivity contribution is 8.01. The van der Waals surface area contributed by atoms with E-state index in [0.717, 1.165) is 0 Å². The summed E-state index contributed by atoms with van der Waals surface area (Å²) in [4.78, 5) is 22.2. The number of Topliss-reactive ketones (excluding diaryl/α,β-unsaturated/α-hetero) is 2. The fraction of sp³-hybridized carbons (Fsp3) is 0.750. The van der Waals surface area contributed by atoms with E-state index in [4.69, 9.17) is 0 Å². The van der Waals surface area contributed by atoms with Gasteiger partial charge in [0.25, 0.3) is 0 Å². The van der Waals surface area contributed by atoms with Crippen LogP contribution >= 0.6 is 11.8 Å². The average molecular weight is 172 g/mol. The Morgan fingerprint density at radius 1 is 1.64 bits per heavy atom. The predicted molar refractivity (Wildman–Crippen MR) is 45.7 cm³/mol. The minimum absolute atomic E-state index is 0.00463. The third kappa shape index (κ3) is 1.48. The molecule has 0 aliphatic carbocycles. The van der Waals surface area contributed by atoms with Crippen molar-refractivity contribution in [1.82, 2.24) is 0 Å². The second kappa shape index (κ2) is 2.63. The lowest BCUT2D eigenvalue weighted by Gasteiger charge is -2.21. The summed E-state index contributed by atoms with van der Waals surface area (Å²) < 4.78 is -0.178. The maximum absolute atomic E-state index is 11.2. The highest BCUT2D eigenvalue weighted by Crippen LogP contribution is 2.40. The zero-order valence-corrected chi connectivity index (χ0v) is 7.83. The van der Waals surface area contributed by atoms with Crippen LogP contribution < -0.4 is 0 Å². The molecule has 1 aliphatic rings. The van der Waals surface area contributed by atoms with Gasteiger partial charge < -0.3 is 0 Å². The van der Waals surface area contributed by atoms with Gasteiger partial charge in [-0.05, 0) is 20.8 Å². The van der Waals surface area contributed by atoms with E-state index in [1.807, 2.05) is 13.8 Å². The molecule has 2 nitrogen and oxygen atoms in total. The monoisotopic (exact) mass is 172 g/mol. The topological polar surface area (TPSA) is 34.1 Å². The summed E-state index contributed by atoms with van der Waals surface area (Å²) in [5.74, 6) is 0.224. The summed E-state index contributed by atoms with van der Waals surface area (Å²) in [7, 11) is 0. The molecular formula is C8H12O2S. The highest BCUT2D eigenvalue weighted by Gasteiger charge is 2.44. The Kier molecular flexibility index (Phi) is 2.10. The third-order valence-electron chi connectivity index (χ3n) is 2.01. The molecule has 0 N–H and O–H groups in total. The first-order chi connectivity index (χ1) is 4.95. The van der Waals surface area contributed by atoms with Crippen LogP contribution in [0.4, 0.5) is 0 Å². The van der Waals surface area contributed by atoms with Crippen molar-refractivity contribution in [2.24, 2.45) is 5.92 Å². The molecule has 1 saturated heterocycles. The van der Waals surface area contributed by atoms with Gasteiger partial charge in [-0.25, -0.2) is 0 Å². The van der Waals surface area contributed by atoms with Crippen molar-refractivity contribution in [3.63, 3.8) is 0 Å². The number of thioether (sulfide) groups is 1. The second-order valence-corrected chi connectivity index (χ2v) is 5.03. The largest absolute Gasteiger partial charge is 0.299 e. The molecule has 0 bridgehead atoms. The van der Waals surface area contributed by atoms with Gasteiger partial charge in [0.15, 0.2) is 5.78 Å².